The van der Waals surface area contributed by atoms with Gasteiger partial charge in [0.25, 0.3) is 0 Å². The number of piperidine rings is 1. The molecule has 1 aliphatic rings. The van der Waals surface area contributed by atoms with Gasteiger partial charge in [-0.2, -0.15) is 0 Å². The smallest absolute Gasteiger partial charge is 0.220 e. The molecule has 1 saturated heterocycles. The highest BCUT2D eigenvalue weighted by molar-refractivity contribution is 14.0. The van der Waals surface area contributed by atoms with Gasteiger partial charge in [-0.05, 0) is 36.5 Å². The van der Waals surface area contributed by atoms with E-state index in [2.05, 4.69) is 20.5 Å². The van der Waals surface area contributed by atoms with Crippen LogP contribution in [0.5, 0.6) is 0 Å². The molecule has 0 aliphatic carbocycles. The van der Waals surface area contributed by atoms with Crippen molar-refractivity contribution in [2.24, 2.45) is 10.9 Å². The standard InChI is InChI=1S/C19H29FN4O2.HI/c1-21-18(25)12-14-8-10-24(11-9-14)19(22-2)23-13-17(26-3)15-4-6-16(20)7-5-15;/h4-7,14,17H,8-13H2,1-3H3,(H,21,25)(H,22,23);1H. The Labute approximate surface area is 178 Å². The van der Waals surface area contributed by atoms with E-state index in [0.29, 0.717) is 18.9 Å². The van der Waals surface area contributed by atoms with Crippen LogP contribution in [0.25, 0.3) is 0 Å². The number of rotatable bonds is 6. The number of halogens is 2. The van der Waals surface area contributed by atoms with Crippen LogP contribution in [-0.2, 0) is 9.53 Å². The first-order valence-corrected chi connectivity index (χ1v) is 9.01. The molecule has 1 aromatic rings. The maximum Gasteiger partial charge on any atom is 0.220 e. The van der Waals surface area contributed by atoms with Crippen LogP contribution in [0.1, 0.15) is 30.9 Å². The molecule has 27 heavy (non-hydrogen) atoms. The number of carbonyl (C=O) groups is 1. The van der Waals surface area contributed by atoms with Gasteiger partial charge in [-0.25, -0.2) is 4.39 Å². The molecule has 1 atom stereocenters. The first-order chi connectivity index (χ1) is 12.6. The molecule has 1 fully saturated rings. The van der Waals surface area contributed by atoms with Crippen LogP contribution in [0, 0.1) is 11.7 Å². The number of benzene rings is 1. The lowest BCUT2D eigenvalue weighted by Crippen LogP contribution is -2.47. The molecule has 2 rings (SSSR count). The monoisotopic (exact) mass is 492 g/mol. The molecule has 1 heterocycles. The molecule has 1 aliphatic heterocycles. The molecule has 0 spiro atoms. The summed E-state index contributed by atoms with van der Waals surface area (Å²) in [5, 5.41) is 6.04. The third kappa shape index (κ3) is 7.25. The molecule has 2 N–H and O–H groups in total. The van der Waals surface area contributed by atoms with Crippen LogP contribution < -0.4 is 10.6 Å². The molecule has 0 saturated carbocycles. The molecule has 8 heteroatoms. The zero-order valence-electron chi connectivity index (χ0n) is 16.2. The van der Waals surface area contributed by atoms with Crippen molar-refractivity contribution in [2.45, 2.75) is 25.4 Å². The van der Waals surface area contributed by atoms with E-state index in [4.69, 9.17) is 4.74 Å². The lowest BCUT2D eigenvalue weighted by molar-refractivity contribution is -0.121. The lowest BCUT2D eigenvalue weighted by Gasteiger charge is -2.34. The summed E-state index contributed by atoms with van der Waals surface area (Å²) in [5.74, 6) is 1.10. The van der Waals surface area contributed by atoms with Crippen molar-refractivity contribution in [3.8, 4) is 0 Å². The number of aliphatic imine (C=N–C) groups is 1. The topological polar surface area (TPSA) is 66.0 Å². The molecule has 0 radical (unpaired) electrons. The normalized spacial score (nSPS) is 16.4. The van der Waals surface area contributed by atoms with Crippen molar-refractivity contribution in [1.29, 1.82) is 0 Å². The Kier molecular flexibility index (Phi) is 10.6. The Morgan fingerprint density at radius 1 is 1.33 bits per heavy atom. The number of hydrogen-bond donors (Lipinski definition) is 2. The highest BCUT2D eigenvalue weighted by atomic mass is 127. The number of nitrogens with one attached hydrogen (secondary N) is 2. The Balaban J connectivity index is 0.00000364. The SMILES string of the molecule is CN=C(NCC(OC)c1ccc(F)cc1)N1CCC(CC(=O)NC)CC1.I. The number of carbonyl (C=O) groups excluding carboxylic acids is 1. The summed E-state index contributed by atoms with van der Waals surface area (Å²) in [6, 6.07) is 6.34. The fourth-order valence-electron chi connectivity index (χ4n) is 3.24. The van der Waals surface area contributed by atoms with Gasteiger partial charge in [-0.3, -0.25) is 9.79 Å². The van der Waals surface area contributed by atoms with Crippen LogP contribution >= 0.6 is 24.0 Å². The Bertz CT molecular complexity index is 604. The van der Waals surface area contributed by atoms with Gasteiger partial charge < -0.3 is 20.3 Å². The van der Waals surface area contributed by atoms with Crippen LogP contribution in [0.15, 0.2) is 29.3 Å². The zero-order valence-corrected chi connectivity index (χ0v) is 18.5. The molecular weight excluding hydrogens is 462 g/mol. The van der Waals surface area contributed by atoms with E-state index in [-0.39, 0.29) is 41.8 Å². The Morgan fingerprint density at radius 3 is 2.48 bits per heavy atom. The van der Waals surface area contributed by atoms with E-state index in [0.717, 1.165) is 37.5 Å². The quantitative estimate of drug-likeness (QED) is 0.364. The maximum atomic E-state index is 13.1. The second-order valence-electron chi connectivity index (χ2n) is 6.51. The maximum absolute atomic E-state index is 13.1. The van der Waals surface area contributed by atoms with E-state index in [1.54, 1.807) is 33.3 Å². The molecule has 1 aromatic carbocycles. The van der Waals surface area contributed by atoms with Crippen LogP contribution in [0.2, 0.25) is 0 Å². The van der Waals surface area contributed by atoms with Gasteiger partial charge >= 0.3 is 0 Å². The minimum absolute atomic E-state index is 0. The zero-order chi connectivity index (χ0) is 18.9. The number of methoxy groups -OCH3 is 1. The summed E-state index contributed by atoms with van der Waals surface area (Å²) in [5.41, 5.74) is 0.918. The number of guanidine groups is 1. The fourth-order valence-corrected chi connectivity index (χ4v) is 3.24. The second-order valence-corrected chi connectivity index (χ2v) is 6.51. The fraction of sp³-hybridized carbons (Fsp3) is 0.579. The third-order valence-corrected chi connectivity index (χ3v) is 4.85. The third-order valence-electron chi connectivity index (χ3n) is 4.85. The van der Waals surface area contributed by atoms with E-state index in [1.807, 2.05) is 0 Å². The summed E-state index contributed by atoms with van der Waals surface area (Å²) in [6.07, 6.45) is 2.35. The van der Waals surface area contributed by atoms with Gasteiger partial charge in [-0.15, -0.1) is 24.0 Å². The van der Waals surface area contributed by atoms with E-state index in [1.165, 1.54) is 12.1 Å². The first-order valence-electron chi connectivity index (χ1n) is 9.01. The highest BCUT2D eigenvalue weighted by Gasteiger charge is 2.23. The van der Waals surface area contributed by atoms with Gasteiger partial charge in [0.05, 0.1) is 6.10 Å². The Morgan fingerprint density at radius 2 is 1.96 bits per heavy atom. The summed E-state index contributed by atoms with van der Waals surface area (Å²) in [4.78, 5) is 18.1. The van der Waals surface area contributed by atoms with Crippen molar-refractivity contribution in [3.63, 3.8) is 0 Å². The van der Waals surface area contributed by atoms with Gasteiger partial charge in [0.15, 0.2) is 5.96 Å². The molecular formula is C19H30FIN4O2. The first kappa shape index (κ1) is 23.6. The van der Waals surface area contributed by atoms with Gasteiger partial charge in [0.2, 0.25) is 5.91 Å². The summed E-state index contributed by atoms with van der Waals surface area (Å²) >= 11 is 0. The predicted molar refractivity (Wildman–Crippen MR) is 116 cm³/mol. The number of hydrogen-bond acceptors (Lipinski definition) is 3. The van der Waals surface area contributed by atoms with Gasteiger partial charge in [-0.1, -0.05) is 12.1 Å². The van der Waals surface area contributed by atoms with E-state index >= 15 is 0 Å². The second kappa shape index (κ2) is 12.1. The van der Waals surface area contributed by atoms with Crippen LogP contribution in [-0.4, -0.2) is 57.6 Å². The number of amides is 1. The van der Waals surface area contributed by atoms with Crippen LogP contribution in [0.3, 0.4) is 0 Å². The number of nitrogens with zero attached hydrogens (tertiary/aromatic N) is 2. The predicted octanol–water partition coefficient (Wildman–Crippen LogP) is 2.55. The minimum Gasteiger partial charge on any atom is -0.375 e. The van der Waals surface area contributed by atoms with Gasteiger partial charge in [0.1, 0.15) is 5.82 Å². The van der Waals surface area contributed by atoms with Crippen molar-refractivity contribution >= 4 is 35.8 Å². The van der Waals surface area contributed by atoms with Crippen molar-refractivity contribution in [2.75, 3.05) is 40.8 Å². The summed E-state index contributed by atoms with van der Waals surface area (Å²) < 4.78 is 18.6. The molecule has 0 bridgehead atoms. The molecule has 0 aromatic heterocycles. The van der Waals surface area contributed by atoms with Crippen molar-refractivity contribution < 1.29 is 13.9 Å². The van der Waals surface area contributed by atoms with Gasteiger partial charge in [0, 0.05) is 47.3 Å². The number of ether oxygens (including phenoxy) is 1. The largest absolute Gasteiger partial charge is 0.375 e. The Hall–Kier alpha value is -1.42. The van der Waals surface area contributed by atoms with Crippen molar-refractivity contribution in [3.05, 3.63) is 35.6 Å². The van der Waals surface area contributed by atoms with Crippen molar-refractivity contribution in [1.82, 2.24) is 15.5 Å². The molecule has 1 amide bonds. The average molecular weight is 492 g/mol. The molecule has 1 unspecified atom stereocenters. The summed E-state index contributed by atoms with van der Waals surface area (Å²) in [7, 11) is 5.08. The lowest BCUT2D eigenvalue weighted by atomic mass is 9.93. The number of likely N-dealkylation sites (tertiary alicyclic amines) is 1. The minimum atomic E-state index is -0.257. The highest BCUT2D eigenvalue weighted by Crippen LogP contribution is 2.21. The molecule has 6 nitrogen and oxygen atoms in total. The summed E-state index contributed by atoms with van der Waals surface area (Å²) in [6.45, 7) is 2.29. The average Bonchev–Trinajstić information content (AvgIpc) is 2.67. The van der Waals surface area contributed by atoms with E-state index < -0.39 is 0 Å². The van der Waals surface area contributed by atoms with Crippen LogP contribution in [0.4, 0.5) is 4.39 Å². The molecule has 152 valence electrons. The van der Waals surface area contributed by atoms with E-state index in [9.17, 15) is 9.18 Å².